The number of hydrogen-bond donors (Lipinski definition) is 0. The largest absolute Gasteiger partial charge is 0.493 e. The van der Waals surface area contributed by atoms with Gasteiger partial charge in [0.2, 0.25) is 0 Å². The molecule has 0 aliphatic carbocycles. The van der Waals surface area contributed by atoms with Crippen LogP contribution in [0.1, 0.15) is 67.1 Å². The first-order valence-electron chi connectivity index (χ1n) is 32.9. The maximum Gasteiger partial charge on any atom is 0.343 e. The fourth-order valence-electron chi connectivity index (χ4n) is 7.66. The Balaban J connectivity index is 0.864. The van der Waals surface area contributed by atoms with Crippen LogP contribution in [0.4, 0.5) is 0 Å². The number of carbonyl (C=O) groups excluding carboxylic acids is 6. The van der Waals surface area contributed by atoms with Gasteiger partial charge in [0.1, 0.15) is 74.2 Å². The molecule has 26 nitrogen and oxygen atoms in total. The Kier molecular flexibility index (Phi) is 47.0. The second-order valence-corrected chi connectivity index (χ2v) is 20.5. The Morgan fingerprint density at radius 1 is 0.307 bits per heavy atom. The summed E-state index contributed by atoms with van der Waals surface area (Å²) in [5.41, 5.74) is 1.10. The molecule has 0 aliphatic rings. The fraction of sp³-hybridized carbons (Fsp3) is 0.413. The van der Waals surface area contributed by atoms with E-state index >= 15 is 0 Å². The van der Waals surface area contributed by atoms with E-state index in [9.17, 15) is 28.8 Å². The average molecular weight is 1410 g/mol. The maximum atomic E-state index is 12.8. The van der Waals surface area contributed by atoms with Crippen LogP contribution in [0.25, 0.3) is 0 Å². The summed E-state index contributed by atoms with van der Waals surface area (Å²) < 4.78 is 108. The minimum Gasteiger partial charge on any atom is -0.493 e. The van der Waals surface area contributed by atoms with Crippen molar-refractivity contribution in [3.8, 4) is 23.0 Å². The van der Waals surface area contributed by atoms with E-state index in [2.05, 4.69) is 26.3 Å². The van der Waals surface area contributed by atoms with E-state index < -0.39 is 35.8 Å². The highest BCUT2D eigenvalue weighted by Gasteiger charge is 2.15. The Morgan fingerprint density at radius 3 is 1.05 bits per heavy atom. The van der Waals surface area contributed by atoms with Gasteiger partial charge >= 0.3 is 35.8 Å². The van der Waals surface area contributed by atoms with Crippen molar-refractivity contribution in [1.29, 1.82) is 0 Å². The van der Waals surface area contributed by atoms with Crippen molar-refractivity contribution in [2.75, 3.05) is 178 Å². The molecule has 4 aromatic carbocycles. The predicted molar refractivity (Wildman–Crippen MR) is 369 cm³/mol. The summed E-state index contributed by atoms with van der Waals surface area (Å²) in [7, 11) is 0. The van der Waals surface area contributed by atoms with Crippen molar-refractivity contribution in [2.24, 2.45) is 0 Å². The monoisotopic (exact) mass is 1410 g/mol. The van der Waals surface area contributed by atoms with Crippen LogP contribution in [0.5, 0.6) is 23.0 Å². The first-order valence-corrected chi connectivity index (χ1v) is 32.9. The molecule has 0 radical (unpaired) electrons. The number of ether oxygens (including phenoxy) is 20. The molecule has 26 heteroatoms. The molecule has 0 saturated heterocycles. The minimum atomic E-state index is -0.669. The van der Waals surface area contributed by atoms with E-state index in [1.54, 1.807) is 72.8 Å². The van der Waals surface area contributed by atoms with Crippen LogP contribution in [0.2, 0.25) is 0 Å². The quantitative estimate of drug-likeness (QED) is 0.00755. The lowest BCUT2D eigenvalue weighted by molar-refractivity contribution is -0.147. The van der Waals surface area contributed by atoms with E-state index in [1.165, 1.54) is 60.9 Å². The van der Waals surface area contributed by atoms with Crippen LogP contribution in [0.3, 0.4) is 0 Å². The lowest BCUT2D eigenvalue weighted by Gasteiger charge is -2.09. The first kappa shape index (κ1) is 84.1. The molecule has 0 saturated carbocycles. The highest BCUT2D eigenvalue weighted by molar-refractivity contribution is 5.93. The van der Waals surface area contributed by atoms with Gasteiger partial charge in [-0.05, 0) is 128 Å². The predicted octanol–water partition coefficient (Wildman–Crippen LogP) is 9.77. The molecular weight excluding hydrogens is 1320 g/mol. The molecule has 0 N–H and O–H groups in total. The molecule has 0 unspecified atom stereocenters. The zero-order chi connectivity index (χ0) is 72.3. The van der Waals surface area contributed by atoms with Gasteiger partial charge in [-0.2, -0.15) is 0 Å². The van der Waals surface area contributed by atoms with Gasteiger partial charge in [-0.1, -0.05) is 50.6 Å². The van der Waals surface area contributed by atoms with Crippen LogP contribution >= 0.6 is 0 Å². The molecule has 0 bridgehead atoms. The van der Waals surface area contributed by atoms with Crippen molar-refractivity contribution in [2.45, 2.75) is 25.7 Å². The standard InChI is InChI=1S/C75H94O26/c1-5-60(3)92-54-48-86-42-40-84-38-36-82-32-9-7-11-34-94-66-24-16-62(17-25-66)72(78)98-35-12-8-10-33-83-37-39-85-41-43-89-51-57-96-70(76)14-13-15-71(77)97-58-52-90-46-47-91-53-59-99-73(79)63-20-28-68(29-21-63)100-75(81)65-22-30-69(31-23-65)101-74(80)64-18-26-67(27-19-64)95-56-50-88-45-44-87-49-55-93-61(4)6-2/h5-10,12,16-31,35H,1-4,11,13-15,32-34,36-59H2/b9-7-,10-8+,35-12+. The van der Waals surface area contributed by atoms with Gasteiger partial charge in [-0.25, -0.2) is 19.2 Å². The van der Waals surface area contributed by atoms with E-state index in [4.69, 9.17) is 94.7 Å². The van der Waals surface area contributed by atoms with Crippen molar-refractivity contribution in [1.82, 2.24) is 0 Å². The van der Waals surface area contributed by atoms with Crippen molar-refractivity contribution >= 4 is 35.8 Å². The second-order valence-electron chi connectivity index (χ2n) is 20.5. The molecule has 0 aliphatic heterocycles. The van der Waals surface area contributed by atoms with E-state index in [-0.39, 0.29) is 94.7 Å². The summed E-state index contributed by atoms with van der Waals surface area (Å²) in [5, 5.41) is 0. The topological polar surface area (TPSA) is 287 Å². The van der Waals surface area contributed by atoms with Crippen LogP contribution in [-0.4, -0.2) is 214 Å². The zero-order valence-corrected chi connectivity index (χ0v) is 57.2. The van der Waals surface area contributed by atoms with Gasteiger partial charge in [0.05, 0.1) is 167 Å². The highest BCUT2D eigenvalue weighted by atomic mass is 16.6. The van der Waals surface area contributed by atoms with Crippen LogP contribution in [0, 0.1) is 0 Å². The third-order valence-corrected chi connectivity index (χ3v) is 12.8. The Labute approximate surface area is 590 Å². The molecule has 4 rings (SSSR count). The summed E-state index contributed by atoms with van der Waals surface area (Å²) in [6.45, 7) is 22.9. The van der Waals surface area contributed by atoms with Crippen molar-refractivity contribution < 1.29 is 124 Å². The molecule has 550 valence electrons. The Morgan fingerprint density at radius 2 is 0.634 bits per heavy atom. The molecule has 0 heterocycles. The summed E-state index contributed by atoms with van der Waals surface area (Å²) in [5.74, 6) is -0.716. The second kappa shape index (κ2) is 56.4. The zero-order valence-electron chi connectivity index (χ0n) is 57.2. The van der Waals surface area contributed by atoms with E-state index in [0.717, 1.165) is 0 Å². The molecule has 0 amide bonds. The smallest absolute Gasteiger partial charge is 0.343 e. The molecular formula is C75H94O26. The summed E-state index contributed by atoms with van der Waals surface area (Å²) in [6.07, 6.45) is 14.3. The molecule has 4 aromatic rings. The third kappa shape index (κ3) is 43.1. The van der Waals surface area contributed by atoms with E-state index in [1.807, 2.05) is 12.2 Å². The average Bonchev–Trinajstić information content (AvgIpc) is 0.873. The molecule has 0 spiro atoms. The van der Waals surface area contributed by atoms with E-state index in [0.29, 0.717) is 166 Å². The lowest BCUT2D eigenvalue weighted by atomic mass is 10.2. The van der Waals surface area contributed by atoms with Crippen molar-refractivity contribution in [3.63, 3.8) is 0 Å². The third-order valence-electron chi connectivity index (χ3n) is 12.8. The molecule has 0 aromatic heterocycles. The normalized spacial score (nSPS) is 11.1. The number of benzene rings is 4. The highest BCUT2D eigenvalue weighted by Crippen LogP contribution is 2.20. The number of hydrogen-bond acceptors (Lipinski definition) is 26. The molecule has 0 fully saturated rings. The van der Waals surface area contributed by atoms with Crippen LogP contribution in [0.15, 0.2) is 184 Å². The Hall–Kier alpha value is -9.32. The molecule has 101 heavy (non-hydrogen) atoms. The first-order chi connectivity index (χ1) is 49.4. The minimum absolute atomic E-state index is 0.0221. The van der Waals surface area contributed by atoms with Gasteiger partial charge < -0.3 is 94.7 Å². The van der Waals surface area contributed by atoms with Gasteiger partial charge in [0, 0.05) is 12.8 Å². The van der Waals surface area contributed by atoms with Gasteiger partial charge in [0.25, 0.3) is 0 Å². The SMILES string of the molecule is C=CC(=C)OCCOCCOCCOC/C=C\CCOc1ccc(C(=O)O/C=C/C=C/COCCOCCOCCOC(=O)CCCC(=O)OCCOCCOCCOC(=O)c2ccc(OC(=O)c3ccc(OC(=O)c4ccc(OCCOCCOCCOC(=C)C=C)cc4)cc3)cc2)cc1. The summed E-state index contributed by atoms with van der Waals surface area (Å²) in [4.78, 5) is 74.6. The Bertz CT molecular complexity index is 3090. The maximum absolute atomic E-state index is 12.8. The van der Waals surface area contributed by atoms with Crippen LogP contribution < -0.4 is 18.9 Å². The number of esters is 6. The number of rotatable bonds is 61. The van der Waals surface area contributed by atoms with Gasteiger partial charge in [-0.15, -0.1) is 0 Å². The van der Waals surface area contributed by atoms with Gasteiger partial charge in [-0.3, -0.25) is 9.59 Å². The number of carbonyl (C=O) groups is 6. The van der Waals surface area contributed by atoms with Crippen molar-refractivity contribution in [3.05, 3.63) is 206 Å². The van der Waals surface area contributed by atoms with Gasteiger partial charge in [0.15, 0.2) is 0 Å². The summed E-state index contributed by atoms with van der Waals surface area (Å²) in [6, 6.07) is 24.8. The molecule has 0 atom stereocenters. The summed E-state index contributed by atoms with van der Waals surface area (Å²) >= 11 is 0. The lowest BCUT2D eigenvalue weighted by Crippen LogP contribution is -2.15. The fourth-order valence-corrected chi connectivity index (χ4v) is 7.66. The number of allylic oxidation sites excluding steroid dienone is 4. The van der Waals surface area contributed by atoms with Crippen LogP contribution in [-0.2, 0) is 85.4 Å².